The summed E-state index contributed by atoms with van der Waals surface area (Å²) >= 11 is 0. The van der Waals surface area contributed by atoms with Crippen LogP contribution < -0.4 is 11.5 Å². The Bertz CT molecular complexity index is 884. The fraction of sp³-hybridized carbons (Fsp3) is 0.917. The first-order chi connectivity index (χ1) is 14.6. The largest absolute Gasteiger partial charge is 0.438 e. The first-order valence-electron chi connectivity index (χ1n) is 12.3. The van der Waals surface area contributed by atoms with Crippen molar-refractivity contribution in [3.63, 3.8) is 0 Å². The van der Waals surface area contributed by atoms with Gasteiger partial charge in [0.05, 0.1) is 12.2 Å². The molecule has 0 spiro atoms. The third kappa shape index (κ3) is 2.88. The van der Waals surface area contributed by atoms with E-state index in [1.165, 1.54) is 0 Å². The summed E-state index contributed by atoms with van der Waals surface area (Å²) in [6.07, 6.45) is 7.54. The number of H-pyrrole nitrogens is 1. The summed E-state index contributed by atoms with van der Waals surface area (Å²) in [6, 6.07) is 0. The van der Waals surface area contributed by atoms with Crippen molar-refractivity contribution in [1.82, 2.24) is 10.1 Å². The molecule has 0 aliphatic heterocycles. The number of nitrogens with zero attached hydrogens (tertiary/aromatic N) is 1. The normalized spacial score (nSPS) is 51.7. The maximum absolute atomic E-state index is 11.8. The molecule has 10 atom stereocenters. The summed E-state index contributed by atoms with van der Waals surface area (Å²) in [7, 11) is 0. The van der Waals surface area contributed by atoms with Crippen molar-refractivity contribution in [2.24, 2.45) is 46.2 Å². The van der Waals surface area contributed by atoms with Crippen LogP contribution >= 0.6 is 0 Å². The lowest BCUT2D eigenvalue weighted by atomic mass is 9.39. The number of hydrogen-bond acceptors (Lipinski definition) is 6. The molecule has 1 heterocycles. The molecule has 0 saturated heterocycles. The van der Waals surface area contributed by atoms with Crippen LogP contribution in [0.2, 0.25) is 0 Å². The molecule has 7 heteroatoms. The topological polar surface area (TPSA) is 125 Å². The molecule has 4 fully saturated rings. The summed E-state index contributed by atoms with van der Waals surface area (Å²) in [6.45, 7) is 6.90. The number of nitrogens with one attached hydrogen (secondary N) is 1. The van der Waals surface area contributed by atoms with Crippen molar-refractivity contribution in [2.75, 3.05) is 0 Å². The Labute approximate surface area is 184 Å². The van der Waals surface area contributed by atoms with Gasteiger partial charge in [-0.1, -0.05) is 25.9 Å². The van der Waals surface area contributed by atoms with Gasteiger partial charge in [-0.25, -0.2) is 4.79 Å². The highest BCUT2D eigenvalue weighted by atomic mass is 16.5. The van der Waals surface area contributed by atoms with Crippen LogP contribution in [0.15, 0.2) is 9.32 Å². The van der Waals surface area contributed by atoms with Gasteiger partial charge in [-0.05, 0) is 85.9 Å². The summed E-state index contributed by atoms with van der Waals surface area (Å²) in [5.74, 6) is 1.70. The van der Waals surface area contributed by atoms with Gasteiger partial charge in [-0.3, -0.25) is 9.51 Å². The van der Waals surface area contributed by atoms with E-state index in [0.717, 1.165) is 51.4 Å². The Morgan fingerprint density at radius 3 is 2.61 bits per heavy atom. The molecule has 3 unspecified atom stereocenters. The minimum Gasteiger partial charge on any atom is -0.393 e. The molecule has 4 saturated carbocycles. The SMILES string of the molecule is CC[C@H]1[C@@H](O)C2C3CC[C@H](Cc4noc(=O)[nH]4)[C@@]3(C)CCC2[C@@]2(C)CC[C@@H](O)C[C@@]12N. The van der Waals surface area contributed by atoms with Gasteiger partial charge in [0.2, 0.25) is 0 Å². The average molecular weight is 434 g/mol. The number of aromatic amines is 1. The van der Waals surface area contributed by atoms with E-state index in [1.54, 1.807) is 0 Å². The maximum atomic E-state index is 11.8. The van der Waals surface area contributed by atoms with Crippen molar-refractivity contribution in [3.05, 3.63) is 16.4 Å². The highest BCUT2D eigenvalue weighted by molar-refractivity contribution is 5.20. The molecule has 31 heavy (non-hydrogen) atoms. The van der Waals surface area contributed by atoms with Crippen LogP contribution in [0, 0.1) is 40.4 Å². The molecule has 5 N–H and O–H groups in total. The molecule has 7 nitrogen and oxygen atoms in total. The van der Waals surface area contributed by atoms with Gasteiger partial charge in [0.1, 0.15) is 0 Å². The van der Waals surface area contributed by atoms with Crippen LogP contribution in [-0.4, -0.2) is 38.1 Å². The lowest BCUT2D eigenvalue weighted by molar-refractivity contribution is -0.212. The summed E-state index contributed by atoms with van der Waals surface area (Å²) in [5.41, 5.74) is 6.74. The first kappa shape index (κ1) is 21.7. The number of aliphatic hydroxyl groups is 2. The van der Waals surface area contributed by atoms with Crippen molar-refractivity contribution in [2.45, 2.75) is 96.3 Å². The van der Waals surface area contributed by atoms with Crippen LogP contribution in [0.4, 0.5) is 0 Å². The highest BCUT2D eigenvalue weighted by Crippen LogP contribution is 2.69. The van der Waals surface area contributed by atoms with Crippen molar-refractivity contribution >= 4 is 0 Å². The standard InChI is InChI=1S/C24H39N3O4/c1-4-15-20(29)19-16-6-5-13(11-18-26-21(30)31-27-18)22(16,2)9-8-17(19)23(3)10-7-14(28)12-24(15,23)25/h13-17,19-20,28-29H,4-12,25H2,1-3H3,(H,26,27,30)/t13-,14-,15+,16?,17?,19?,20-,22-,23-,24-/m1/s1. The number of nitrogens with two attached hydrogens (primary N) is 1. The van der Waals surface area contributed by atoms with E-state index in [4.69, 9.17) is 10.3 Å². The Balaban J connectivity index is 1.48. The highest BCUT2D eigenvalue weighted by Gasteiger charge is 2.68. The van der Waals surface area contributed by atoms with Gasteiger partial charge in [0.15, 0.2) is 5.82 Å². The second-order valence-corrected chi connectivity index (χ2v) is 11.7. The third-order valence-electron chi connectivity index (χ3n) is 10.8. The van der Waals surface area contributed by atoms with Crippen LogP contribution in [0.25, 0.3) is 0 Å². The zero-order valence-electron chi connectivity index (χ0n) is 19.1. The quantitative estimate of drug-likeness (QED) is 0.581. The van der Waals surface area contributed by atoms with E-state index in [9.17, 15) is 15.0 Å². The summed E-state index contributed by atoms with van der Waals surface area (Å²) in [5, 5.41) is 26.2. The summed E-state index contributed by atoms with van der Waals surface area (Å²) < 4.78 is 4.73. The molecular weight excluding hydrogens is 394 g/mol. The lowest BCUT2D eigenvalue weighted by Gasteiger charge is -2.68. The van der Waals surface area contributed by atoms with Gasteiger partial charge < -0.3 is 15.9 Å². The third-order valence-corrected chi connectivity index (χ3v) is 10.8. The van der Waals surface area contributed by atoms with Crippen LogP contribution in [-0.2, 0) is 6.42 Å². The fourth-order valence-corrected chi connectivity index (χ4v) is 9.15. The van der Waals surface area contributed by atoms with E-state index in [0.29, 0.717) is 30.0 Å². The fourth-order valence-electron chi connectivity index (χ4n) is 9.15. The maximum Gasteiger partial charge on any atom is 0.438 e. The molecule has 0 aromatic carbocycles. The summed E-state index contributed by atoms with van der Waals surface area (Å²) in [4.78, 5) is 14.1. The number of hydrogen-bond donors (Lipinski definition) is 4. The number of aromatic nitrogens is 2. The van der Waals surface area contributed by atoms with E-state index >= 15 is 0 Å². The monoisotopic (exact) mass is 433 g/mol. The van der Waals surface area contributed by atoms with Gasteiger partial charge in [-0.2, -0.15) is 0 Å². The lowest BCUT2D eigenvalue weighted by Crippen LogP contribution is -2.74. The predicted octanol–water partition coefficient (Wildman–Crippen LogP) is 2.61. The molecule has 0 amide bonds. The molecule has 0 bridgehead atoms. The molecule has 4 aliphatic rings. The number of fused-ring (bicyclic) bond motifs is 5. The number of rotatable bonds is 3. The van der Waals surface area contributed by atoms with E-state index < -0.39 is 17.4 Å². The van der Waals surface area contributed by atoms with E-state index in [2.05, 4.69) is 30.9 Å². The first-order valence-corrected chi connectivity index (χ1v) is 12.3. The van der Waals surface area contributed by atoms with Gasteiger partial charge in [-0.15, -0.1) is 0 Å². The molecule has 0 radical (unpaired) electrons. The van der Waals surface area contributed by atoms with Gasteiger partial charge in [0, 0.05) is 17.9 Å². The minimum atomic E-state index is -0.508. The van der Waals surface area contributed by atoms with Crippen LogP contribution in [0.3, 0.4) is 0 Å². The smallest absolute Gasteiger partial charge is 0.393 e. The molecule has 174 valence electrons. The average Bonchev–Trinajstić information content (AvgIpc) is 3.27. The van der Waals surface area contributed by atoms with Crippen molar-refractivity contribution < 1.29 is 14.7 Å². The van der Waals surface area contributed by atoms with Crippen molar-refractivity contribution in [3.8, 4) is 0 Å². The van der Waals surface area contributed by atoms with E-state index in [1.807, 2.05) is 0 Å². The Hall–Kier alpha value is -1.18. The molecule has 1 aromatic heterocycles. The molecule has 1 aromatic rings. The second-order valence-electron chi connectivity index (χ2n) is 11.7. The van der Waals surface area contributed by atoms with Crippen LogP contribution in [0.1, 0.15) is 78.0 Å². The zero-order valence-corrected chi connectivity index (χ0v) is 19.1. The molecular formula is C24H39N3O4. The molecule has 5 rings (SSSR count). The predicted molar refractivity (Wildman–Crippen MR) is 116 cm³/mol. The van der Waals surface area contributed by atoms with E-state index in [-0.39, 0.29) is 28.8 Å². The van der Waals surface area contributed by atoms with Crippen LogP contribution in [0.5, 0.6) is 0 Å². The van der Waals surface area contributed by atoms with Crippen molar-refractivity contribution in [1.29, 1.82) is 0 Å². The van der Waals surface area contributed by atoms with Gasteiger partial charge in [0.25, 0.3) is 0 Å². The zero-order chi connectivity index (χ0) is 22.2. The Morgan fingerprint density at radius 2 is 1.94 bits per heavy atom. The Kier molecular flexibility index (Phi) is 5.00. The number of aliphatic hydroxyl groups excluding tert-OH is 2. The van der Waals surface area contributed by atoms with Gasteiger partial charge >= 0.3 is 5.76 Å². The Morgan fingerprint density at radius 1 is 1.16 bits per heavy atom. The minimum absolute atomic E-state index is 0.0157. The molecule has 4 aliphatic carbocycles. The second kappa shape index (κ2) is 7.16.